The smallest absolute Gasteiger partial charge is 0.238 e. The molecule has 0 aromatic heterocycles. The van der Waals surface area contributed by atoms with E-state index in [0.29, 0.717) is 15.7 Å². The first-order valence-electron chi connectivity index (χ1n) is 7.02. The highest BCUT2D eigenvalue weighted by Crippen LogP contribution is 2.60. The first-order chi connectivity index (χ1) is 10.4. The third-order valence-corrected chi connectivity index (χ3v) is 8.74. The second-order valence-corrected chi connectivity index (χ2v) is 9.13. The molecule has 0 N–H and O–H groups in total. The molecule has 2 bridgehead atoms. The predicted octanol–water partition coefficient (Wildman–Crippen LogP) is 4.28. The second kappa shape index (κ2) is 5.20. The van der Waals surface area contributed by atoms with Crippen molar-refractivity contribution in [3.63, 3.8) is 0 Å². The highest BCUT2D eigenvalue weighted by molar-refractivity contribution is 9.12. The third-order valence-electron chi connectivity index (χ3n) is 5.09. The fourth-order valence-electron chi connectivity index (χ4n) is 4.27. The average molecular weight is 468 g/mol. The summed E-state index contributed by atoms with van der Waals surface area (Å²) < 4.78 is 0. The molecule has 2 amide bonds. The molecule has 0 spiro atoms. The van der Waals surface area contributed by atoms with Crippen LogP contribution in [0, 0.1) is 23.7 Å². The molecular weight excluding hydrogens is 457 g/mol. The number of carbonyl (C=O) groups is 2. The van der Waals surface area contributed by atoms with E-state index >= 15 is 0 Å². The van der Waals surface area contributed by atoms with Crippen LogP contribution in [0.3, 0.4) is 0 Å². The van der Waals surface area contributed by atoms with Crippen LogP contribution in [0.2, 0.25) is 10.0 Å². The Morgan fingerprint density at radius 1 is 0.909 bits per heavy atom. The SMILES string of the molecule is O=C1[C@@H]2[C@@H]3C[C@@H]([C@@H](Br)[C@@H]3Br)[C@@H]2C(=O)N1c1cc(Cl)cc(Cl)c1. The Labute approximate surface area is 154 Å². The molecule has 22 heavy (non-hydrogen) atoms. The van der Waals surface area contributed by atoms with Gasteiger partial charge in [-0.2, -0.15) is 0 Å². The van der Waals surface area contributed by atoms with E-state index in [0.717, 1.165) is 6.42 Å². The van der Waals surface area contributed by atoms with Crippen molar-refractivity contribution in [1.82, 2.24) is 0 Å². The van der Waals surface area contributed by atoms with Crippen molar-refractivity contribution < 1.29 is 9.59 Å². The van der Waals surface area contributed by atoms with Crippen LogP contribution >= 0.6 is 55.1 Å². The second-order valence-electron chi connectivity index (χ2n) is 6.14. The lowest BCUT2D eigenvalue weighted by Crippen LogP contribution is -2.37. The summed E-state index contributed by atoms with van der Waals surface area (Å²) in [6, 6.07) is 4.82. The van der Waals surface area contributed by atoms with Gasteiger partial charge in [0.1, 0.15) is 0 Å². The van der Waals surface area contributed by atoms with Crippen molar-refractivity contribution >= 4 is 72.6 Å². The first-order valence-corrected chi connectivity index (χ1v) is 9.61. The number of carbonyl (C=O) groups excluding carboxylic acids is 2. The van der Waals surface area contributed by atoms with E-state index in [-0.39, 0.29) is 45.1 Å². The van der Waals surface area contributed by atoms with Crippen LogP contribution in [0.25, 0.3) is 0 Å². The molecule has 1 aromatic carbocycles. The van der Waals surface area contributed by atoms with E-state index < -0.39 is 0 Å². The Morgan fingerprint density at radius 2 is 1.36 bits per heavy atom. The van der Waals surface area contributed by atoms with Gasteiger partial charge >= 0.3 is 0 Å². The number of imide groups is 1. The van der Waals surface area contributed by atoms with Gasteiger partial charge in [0.05, 0.1) is 17.5 Å². The molecule has 1 aliphatic heterocycles. The van der Waals surface area contributed by atoms with E-state index in [4.69, 9.17) is 23.2 Å². The summed E-state index contributed by atoms with van der Waals surface area (Å²) in [4.78, 5) is 27.4. The van der Waals surface area contributed by atoms with Crippen molar-refractivity contribution in [3.05, 3.63) is 28.2 Å². The summed E-state index contributed by atoms with van der Waals surface area (Å²) in [5, 5.41) is 0.833. The van der Waals surface area contributed by atoms with Gasteiger partial charge in [-0.15, -0.1) is 0 Å². The van der Waals surface area contributed by atoms with Gasteiger partial charge in [-0.05, 0) is 36.5 Å². The molecule has 1 aromatic rings. The number of hydrogen-bond donors (Lipinski definition) is 0. The molecule has 7 heteroatoms. The van der Waals surface area contributed by atoms with Crippen molar-refractivity contribution in [3.8, 4) is 0 Å². The molecule has 2 aliphatic carbocycles. The monoisotopic (exact) mass is 465 g/mol. The van der Waals surface area contributed by atoms with Crippen LogP contribution in [-0.2, 0) is 9.59 Å². The minimum atomic E-state index is -0.228. The fraction of sp³-hybridized carbons (Fsp3) is 0.467. The van der Waals surface area contributed by atoms with E-state index in [1.54, 1.807) is 18.2 Å². The normalized spacial score (nSPS) is 39.7. The maximum atomic E-state index is 12.8. The quantitative estimate of drug-likeness (QED) is 0.457. The van der Waals surface area contributed by atoms with E-state index in [2.05, 4.69) is 31.9 Å². The van der Waals surface area contributed by atoms with E-state index in [9.17, 15) is 9.59 Å². The number of amides is 2. The Balaban J connectivity index is 1.76. The number of anilines is 1. The van der Waals surface area contributed by atoms with Gasteiger partial charge in [0.25, 0.3) is 0 Å². The molecule has 116 valence electrons. The van der Waals surface area contributed by atoms with Gasteiger partial charge in [0.15, 0.2) is 0 Å². The molecule has 6 atom stereocenters. The van der Waals surface area contributed by atoms with Crippen LogP contribution in [-0.4, -0.2) is 21.5 Å². The summed E-state index contributed by atoms with van der Waals surface area (Å²) in [6.45, 7) is 0. The van der Waals surface area contributed by atoms with Gasteiger partial charge in [-0.25, -0.2) is 4.90 Å². The summed E-state index contributed by atoms with van der Waals surface area (Å²) >= 11 is 19.4. The van der Waals surface area contributed by atoms with Gasteiger partial charge in [0.2, 0.25) is 11.8 Å². The number of halogens is 4. The van der Waals surface area contributed by atoms with Crippen molar-refractivity contribution in [2.24, 2.45) is 23.7 Å². The average Bonchev–Trinajstić information content (AvgIpc) is 3.03. The van der Waals surface area contributed by atoms with Gasteiger partial charge < -0.3 is 0 Å². The van der Waals surface area contributed by atoms with Gasteiger partial charge in [0, 0.05) is 19.7 Å². The zero-order valence-electron chi connectivity index (χ0n) is 11.2. The lowest BCUT2D eigenvalue weighted by Gasteiger charge is -2.28. The van der Waals surface area contributed by atoms with Crippen LogP contribution in [0.15, 0.2) is 18.2 Å². The van der Waals surface area contributed by atoms with Gasteiger partial charge in [-0.1, -0.05) is 55.1 Å². The Hall–Kier alpha value is -0.100. The summed E-state index contributed by atoms with van der Waals surface area (Å²) in [7, 11) is 0. The number of benzene rings is 1. The summed E-state index contributed by atoms with van der Waals surface area (Å²) in [5.41, 5.74) is 0.471. The lowest BCUT2D eigenvalue weighted by atomic mass is 9.81. The molecule has 4 rings (SSSR count). The minimum absolute atomic E-state index is 0.121. The third kappa shape index (κ3) is 1.98. The standard InChI is InChI=1S/C15H11Br2Cl2NO2/c16-12-8-4-9(13(12)17)11-10(8)14(21)20(15(11)22)7-2-5(18)1-6(19)3-7/h1-3,8-13H,4H2/t8-,9+,10+,11-,12-,13-/m1/s1. The molecule has 2 saturated carbocycles. The zero-order chi connectivity index (χ0) is 15.8. The number of nitrogens with zero attached hydrogens (tertiary/aromatic N) is 1. The molecule has 1 heterocycles. The van der Waals surface area contributed by atoms with Crippen LogP contribution in [0.4, 0.5) is 5.69 Å². The molecular formula is C15H11Br2Cl2NO2. The summed E-state index contributed by atoms with van der Waals surface area (Å²) in [5.74, 6) is -0.290. The number of fused-ring (bicyclic) bond motifs is 5. The van der Waals surface area contributed by atoms with E-state index in [1.807, 2.05) is 0 Å². The van der Waals surface area contributed by atoms with Crippen LogP contribution < -0.4 is 4.90 Å². The minimum Gasteiger partial charge on any atom is -0.274 e. The van der Waals surface area contributed by atoms with Crippen molar-refractivity contribution in [1.29, 1.82) is 0 Å². The molecule has 0 radical (unpaired) electrons. The lowest BCUT2D eigenvalue weighted by molar-refractivity contribution is -0.123. The van der Waals surface area contributed by atoms with Crippen molar-refractivity contribution in [2.45, 2.75) is 16.1 Å². The van der Waals surface area contributed by atoms with Crippen molar-refractivity contribution in [2.75, 3.05) is 4.90 Å². The highest BCUT2D eigenvalue weighted by atomic mass is 79.9. The maximum absolute atomic E-state index is 12.8. The molecule has 1 saturated heterocycles. The molecule has 3 nitrogen and oxygen atoms in total. The van der Waals surface area contributed by atoms with Crippen LogP contribution in [0.5, 0.6) is 0 Å². The maximum Gasteiger partial charge on any atom is 0.238 e. The number of alkyl halides is 2. The molecule has 3 fully saturated rings. The topological polar surface area (TPSA) is 37.4 Å². The Bertz CT molecular complexity index is 646. The predicted molar refractivity (Wildman–Crippen MR) is 93.0 cm³/mol. The Kier molecular flexibility index (Phi) is 3.65. The number of hydrogen-bond acceptors (Lipinski definition) is 2. The largest absolute Gasteiger partial charge is 0.274 e. The molecule has 0 unspecified atom stereocenters. The highest BCUT2D eigenvalue weighted by Gasteiger charge is 2.66. The molecule has 3 aliphatic rings. The summed E-state index contributed by atoms with van der Waals surface area (Å²) in [6.07, 6.45) is 0.919. The fourth-order valence-corrected chi connectivity index (χ4v) is 6.66. The number of rotatable bonds is 1. The van der Waals surface area contributed by atoms with E-state index in [1.165, 1.54) is 4.90 Å². The van der Waals surface area contributed by atoms with Crippen LogP contribution in [0.1, 0.15) is 6.42 Å². The van der Waals surface area contributed by atoms with Gasteiger partial charge in [-0.3, -0.25) is 9.59 Å². The zero-order valence-corrected chi connectivity index (χ0v) is 15.9. The first kappa shape index (κ1) is 15.4. The Morgan fingerprint density at radius 3 is 1.82 bits per heavy atom.